The molecule has 2 aromatic rings. The molecule has 8 heteroatoms. The Hall–Kier alpha value is -3.29. The number of rotatable bonds is 5. The third-order valence-electron chi connectivity index (χ3n) is 5.85. The van der Waals surface area contributed by atoms with Crippen molar-refractivity contribution in [2.75, 3.05) is 10.6 Å². The summed E-state index contributed by atoms with van der Waals surface area (Å²) in [5, 5.41) is 12.8. The summed E-state index contributed by atoms with van der Waals surface area (Å²) in [7, 11) is 0. The molecule has 176 valence electrons. The maximum Gasteiger partial charge on any atom is 0.407 e. The van der Waals surface area contributed by atoms with Crippen LogP contribution in [0.3, 0.4) is 0 Å². The highest BCUT2D eigenvalue weighted by molar-refractivity contribution is 6.03. The van der Waals surface area contributed by atoms with Crippen LogP contribution >= 0.6 is 0 Å². The molecule has 1 aromatic heterocycles. The number of anilines is 3. The van der Waals surface area contributed by atoms with Crippen molar-refractivity contribution in [2.45, 2.75) is 77.6 Å². The van der Waals surface area contributed by atoms with Gasteiger partial charge in [-0.15, -0.1) is 0 Å². The van der Waals surface area contributed by atoms with E-state index >= 15 is 0 Å². The number of ether oxygens (including phenoxy) is 1. The molecule has 2 aliphatic rings. The fraction of sp³-hybridized carbons (Fsp3) is 0.480. The predicted octanol–water partition coefficient (Wildman–Crippen LogP) is 4.62. The van der Waals surface area contributed by atoms with Crippen molar-refractivity contribution in [3.05, 3.63) is 47.0 Å². The Morgan fingerprint density at radius 2 is 1.91 bits per heavy atom. The van der Waals surface area contributed by atoms with Crippen molar-refractivity contribution in [2.24, 2.45) is 0 Å². The first-order valence-corrected chi connectivity index (χ1v) is 11.6. The molecule has 1 aliphatic heterocycles. The lowest BCUT2D eigenvalue weighted by atomic mass is 9.90. The van der Waals surface area contributed by atoms with Gasteiger partial charge in [-0.05, 0) is 69.9 Å². The van der Waals surface area contributed by atoms with Gasteiger partial charge in [0.25, 0.3) is 5.91 Å². The minimum absolute atomic E-state index is 0.0219. The van der Waals surface area contributed by atoms with Crippen LogP contribution in [0.1, 0.15) is 67.9 Å². The van der Waals surface area contributed by atoms with Crippen LogP contribution < -0.4 is 21.3 Å². The zero-order valence-electron chi connectivity index (χ0n) is 19.7. The zero-order valence-corrected chi connectivity index (χ0v) is 19.7. The molecule has 1 fully saturated rings. The number of carbonyl (C=O) groups excluding carboxylic acids is 2. The normalized spacial score (nSPS) is 19.9. The average Bonchev–Trinajstić information content (AvgIpc) is 3.09. The summed E-state index contributed by atoms with van der Waals surface area (Å²) < 4.78 is 5.46. The van der Waals surface area contributed by atoms with Gasteiger partial charge in [0.1, 0.15) is 17.2 Å². The molecule has 4 rings (SSSR count). The predicted molar refractivity (Wildman–Crippen MR) is 129 cm³/mol. The standard InChI is InChI=1S/C25H33N5O3/c1-15-8-7-9-17(12-15)27-22-21-16(14-26-23(21)31)13-20(30-22)28-18-10-5-6-11-19(18)29-24(32)33-25(2,3)4/h7-9,12-13,18-19H,5-6,10-11,14H2,1-4H3,(H,26,31)(H,29,32)(H2,27,28,30)/t18-,19+/m0/s1. The van der Waals surface area contributed by atoms with E-state index in [4.69, 9.17) is 9.72 Å². The minimum atomic E-state index is -0.543. The number of hydrogen-bond acceptors (Lipinski definition) is 6. The van der Waals surface area contributed by atoms with Crippen molar-refractivity contribution >= 4 is 29.3 Å². The van der Waals surface area contributed by atoms with Crippen molar-refractivity contribution in [3.63, 3.8) is 0 Å². The number of benzene rings is 1. The van der Waals surface area contributed by atoms with Gasteiger partial charge in [0, 0.05) is 18.3 Å². The van der Waals surface area contributed by atoms with E-state index in [1.807, 2.05) is 58.0 Å². The highest BCUT2D eigenvalue weighted by Crippen LogP contribution is 2.30. The second kappa shape index (κ2) is 9.29. The molecule has 0 bridgehead atoms. The fourth-order valence-electron chi connectivity index (χ4n) is 4.40. The van der Waals surface area contributed by atoms with Gasteiger partial charge in [-0.25, -0.2) is 9.78 Å². The molecule has 4 N–H and O–H groups in total. The van der Waals surface area contributed by atoms with E-state index in [1.165, 1.54) is 0 Å². The van der Waals surface area contributed by atoms with Crippen molar-refractivity contribution < 1.29 is 14.3 Å². The number of alkyl carbamates (subject to hydrolysis) is 1. The molecule has 1 aromatic carbocycles. The summed E-state index contributed by atoms with van der Waals surface area (Å²) in [5.41, 5.74) is 2.94. The quantitative estimate of drug-likeness (QED) is 0.529. The number of aryl methyl sites for hydroxylation is 1. The molecule has 0 saturated heterocycles. The molecule has 33 heavy (non-hydrogen) atoms. The first-order valence-electron chi connectivity index (χ1n) is 11.6. The number of hydrogen-bond donors (Lipinski definition) is 4. The number of carbonyl (C=O) groups is 2. The number of pyridine rings is 1. The lowest BCUT2D eigenvalue weighted by Crippen LogP contribution is -2.49. The molecule has 0 unspecified atom stereocenters. The Labute approximate surface area is 194 Å². The smallest absolute Gasteiger partial charge is 0.407 e. The van der Waals surface area contributed by atoms with Crippen LogP contribution in [0.25, 0.3) is 0 Å². The van der Waals surface area contributed by atoms with Crippen LogP contribution in [-0.4, -0.2) is 34.7 Å². The Balaban J connectivity index is 1.55. The van der Waals surface area contributed by atoms with E-state index in [1.54, 1.807) is 0 Å². The van der Waals surface area contributed by atoms with Gasteiger partial charge < -0.3 is 26.0 Å². The van der Waals surface area contributed by atoms with Crippen molar-refractivity contribution in [3.8, 4) is 0 Å². The Bertz CT molecular complexity index is 1050. The van der Waals surface area contributed by atoms with Crippen LogP contribution in [0.2, 0.25) is 0 Å². The summed E-state index contributed by atoms with van der Waals surface area (Å²) in [6.45, 7) is 8.06. The van der Waals surface area contributed by atoms with Gasteiger partial charge in [0.2, 0.25) is 0 Å². The topological polar surface area (TPSA) is 104 Å². The Morgan fingerprint density at radius 1 is 1.15 bits per heavy atom. The lowest BCUT2D eigenvalue weighted by Gasteiger charge is -2.34. The maximum absolute atomic E-state index is 12.5. The van der Waals surface area contributed by atoms with Crippen molar-refractivity contribution in [1.82, 2.24) is 15.6 Å². The zero-order chi connectivity index (χ0) is 23.6. The van der Waals surface area contributed by atoms with Crippen LogP contribution in [0.5, 0.6) is 0 Å². The average molecular weight is 452 g/mol. The summed E-state index contributed by atoms with van der Waals surface area (Å²) in [5.74, 6) is 1.09. The SMILES string of the molecule is Cc1cccc(Nc2nc(N[C@H]3CCCC[C@H]3NC(=O)OC(C)(C)C)cc3c2C(=O)NC3)c1. The lowest BCUT2D eigenvalue weighted by molar-refractivity contribution is 0.0488. The maximum atomic E-state index is 12.5. The molecule has 2 atom stereocenters. The summed E-state index contributed by atoms with van der Waals surface area (Å²) in [4.78, 5) is 29.6. The van der Waals surface area contributed by atoms with Gasteiger partial charge in [-0.1, -0.05) is 25.0 Å². The fourth-order valence-corrected chi connectivity index (χ4v) is 4.40. The third-order valence-corrected chi connectivity index (χ3v) is 5.85. The van der Waals surface area contributed by atoms with Gasteiger partial charge in [0.05, 0.1) is 11.6 Å². The van der Waals surface area contributed by atoms with Gasteiger partial charge in [-0.2, -0.15) is 0 Å². The summed E-state index contributed by atoms with van der Waals surface area (Å²) in [6, 6.07) is 9.85. The number of aromatic nitrogens is 1. The largest absolute Gasteiger partial charge is 0.444 e. The molecule has 0 spiro atoms. The minimum Gasteiger partial charge on any atom is -0.444 e. The monoisotopic (exact) mass is 451 g/mol. The molecule has 8 nitrogen and oxygen atoms in total. The van der Waals surface area contributed by atoms with E-state index < -0.39 is 11.7 Å². The van der Waals surface area contributed by atoms with Crippen LogP contribution in [0.15, 0.2) is 30.3 Å². The molecule has 0 radical (unpaired) electrons. The Kier molecular flexibility index (Phi) is 6.44. The third kappa shape index (κ3) is 5.74. The summed E-state index contributed by atoms with van der Waals surface area (Å²) >= 11 is 0. The molecular weight excluding hydrogens is 418 g/mol. The Morgan fingerprint density at radius 3 is 2.64 bits per heavy atom. The van der Waals surface area contributed by atoms with Crippen LogP contribution in [-0.2, 0) is 11.3 Å². The van der Waals surface area contributed by atoms with Crippen molar-refractivity contribution in [1.29, 1.82) is 0 Å². The molecule has 1 aliphatic carbocycles. The van der Waals surface area contributed by atoms with Gasteiger partial charge in [-0.3, -0.25) is 4.79 Å². The molecule has 2 heterocycles. The van der Waals surface area contributed by atoms with E-state index in [0.717, 1.165) is 42.5 Å². The van der Waals surface area contributed by atoms with E-state index in [2.05, 4.69) is 21.3 Å². The van der Waals surface area contributed by atoms with Gasteiger partial charge in [0.15, 0.2) is 0 Å². The van der Waals surface area contributed by atoms with E-state index in [-0.39, 0.29) is 18.0 Å². The molecular formula is C25H33N5O3. The number of amides is 2. The molecule has 1 saturated carbocycles. The summed E-state index contributed by atoms with van der Waals surface area (Å²) in [6.07, 6.45) is 3.51. The highest BCUT2D eigenvalue weighted by Gasteiger charge is 2.30. The van der Waals surface area contributed by atoms with Crippen LogP contribution in [0, 0.1) is 6.92 Å². The molecule has 2 amide bonds. The number of fused-ring (bicyclic) bond motifs is 1. The van der Waals surface area contributed by atoms with Crippen LogP contribution in [0.4, 0.5) is 22.1 Å². The second-order valence-corrected chi connectivity index (χ2v) is 9.86. The number of nitrogens with zero attached hydrogens (tertiary/aromatic N) is 1. The highest BCUT2D eigenvalue weighted by atomic mass is 16.6. The van der Waals surface area contributed by atoms with Gasteiger partial charge >= 0.3 is 6.09 Å². The number of nitrogens with one attached hydrogen (secondary N) is 4. The van der Waals surface area contributed by atoms with E-state index in [0.29, 0.717) is 23.7 Å². The van der Waals surface area contributed by atoms with E-state index in [9.17, 15) is 9.59 Å². The first kappa shape index (κ1) is 22.9. The second-order valence-electron chi connectivity index (χ2n) is 9.86. The first-order chi connectivity index (χ1) is 15.7.